The van der Waals surface area contributed by atoms with Crippen molar-refractivity contribution in [2.75, 3.05) is 13.1 Å². The van der Waals surface area contributed by atoms with E-state index in [9.17, 15) is 13.2 Å². The lowest BCUT2D eigenvalue weighted by Gasteiger charge is -2.32. The topological polar surface area (TPSA) is 12.0 Å². The largest absolute Gasteiger partial charge is 0.416 e. The number of hydrogen-bond acceptors (Lipinski definition) is 1. The van der Waals surface area contributed by atoms with Crippen LogP contribution in [0.15, 0.2) is 24.3 Å². The van der Waals surface area contributed by atoms with E-state index in [1.807, 2.05) is 0 Å². The molecule has 4 heteroatoms. The summed E-state index contributed by atoms with van der Waals surface area (Å²) in [5.74, 6) is 0. The zero-order chi connectivity index (χ0) is 15.9. The van der Waals surface area contributed by atoms with Crippen LogP contribution in [0, 0.1) is 5.41 Å². The van der Waals surface area contributed by atoms with E-state index in [2.05, 4.69) is 26.1 Å². The Morgan fingerprint density at radius 1 is 0.952 bits per heavy atom. The van der Waals surface area contributed by atoms with Gasteiger partial charge in [0.1, 0.15) is 0 Å². The molecule has 21 heavy (non-hydrogen) atoms. The minimum Gasteiger partial charge on any atom is -0.316 e. The molecule has 1 rings (SSSR count). The summed E-state index contributed by atoms with van der Waals surface area (Å²) in [5.41, 5.74) is 0.522. The molecule has 0 amide bonds. The highest BCUT2D eigenvalue weighted by Gasteiger charge is 2.31. The minimum absolute atomic E-state index is 0.120. The predicted octanol–water partition coefficient (Wildman–Crippen LogP) is 5.05. The van der Waals surface area contributed by atoms with Crippen LogP contribution in [-0.4, -0.2) is 13.1 Å². The molecule has 0 aliphatic rings. The second-order valence-corrected chi connectivity index (χ2v) is 5.76. The van der Waals surface area contributed by atoms with Crippen LogP contribution in [0.1, 0.15) is 51.2 Å². The SMILES string of the molecule is CCCNCC(CC)(CC)Cc1ccc(C(F)(F)F)cc1. The van der Waals surface area contributed by atoms with Gasteiger partial charge in [-0.2, -0.15) is 13.2 Å². The van der Waals surface area contributed by atoms with Crippen molar-refractivity contribution in [3.63, 3.8) is 0 Å². The van der Waals surface area contributed by atoms with Gasteiger partial charge < -0.3 is 5.32 Å². The molecular formula is C17H26F3N. The molecule has 0 fully saturated rings. The monoisotopic (exact) mass is 301 g/mol. The zero-order valence-electron chi connectivity index (χ0n) is 13.2. The van der Waals surface area contributed by atoms with E-state index in [1.54, 1.807) is 12.1 Å². The molecule has 0 saturated carbocycles. The molecule has 0 saturated heterocycles. The van der Waals surface area contributed by atoms with Crippen LogP contribution < -0.4 is 5.32 Å². The van der Waals surface area contributed by atoms with E-state index in [0.717, 1.165) is 44.3 Å². The zero-order valence-corrected chi connectivity index (χ0v) is 13.2. The molecule has 0 unspecified atom stereocenters. The predicted molar refractivity (Wildman–Crippen MR) is 81.3 cm³/mol. The third-order valence-corrected chi connectivity index (χ3v) is 4.29. The highest BCUT2D eigenvalue weighted by atomic mass is 19.4. The Kier molecular flexibility index (Phi) is 6.72. The number of nitrogens with one attached hydrogen (secondary N) is 1. The highest BCUT2D eigenvalue weighted by molar-refractivity contribution is 5.25. The molecule has 1 N–H and O–H groups in total. The van der Waals surface area contributed by atoms with Crippen LogP contribution in [0.4, 0.5) is 13.2 Å². The number of benzene rings is 1. The third kappa shape index (κ3) is 5.34. The van der Waals surface area contributed by atoms with Gasteiger partial charge in [0.15, 0.2) is 0 Å². The molecule has 120 valence electrons. The third-order valence-electron chi connectivity index (χ3n) is 4.29. The second-order valence-electron chi connectivity index (χ2n) is 5.76. The summed E-state index contributed by atoms with van der Waals surface area (Å²) in [6, 6.07) is 5.60. The summed E-state index contributed by atoms with van der Waals surface area (Å²) in [5, 5.41) is 3.45. The van der Waals surface area contributed by atoms with Gasteiger partial charge in [-0.25, -0.2) is 0 Å². The maximum absolute atomic E-state index is 12.6. The van der Waals surface area contributed by atoms with Gasteiger partial charge in [0.25, 0.3) is 0 Å². The standard InChI is InChI=1S/C17H26F3N/c1-4-11-21-13-16(5-2,6-3)12-14-7-9-15(10-8-14)17(18,19)20/h7-10,21H,4-6,11-13H2,1-3H3. The number of alkyl halides is 3. The molecule has 0 bridgehead atoms. The smallest absolute Gasteiger partial charge is 0.316 e. The lowest BCUT2D eigenvalue weighted by atomic mass is 9.76. The Morgan fingerprint density at radius 2 is 1.52 bits per heavy atom. The minimum atomic E-state index is -4.26. The van der Waals surface area contributed by atoms with E-state index in [-0.39, 0.29) is 5.41 Å². The van der Waals surface area contributed by atoms with E-state index < -0.39 is 11.7 Å². The lowest BCUT2D eigenvalue weighted by molar-refractivity contribution is -0.137. The van der Waals surface area contributed by atoms with Gasteiger partial charge in [-0.15, -0.1) is 0 Å². The first-order valence-corrected chi connectivity index (χ1v) is 7.73. The number of hydrogen-bond donors (Lipinski definition) is 1. The van der Waals surface area contributed by atoms with Crippen molar-refractivity contribution in [3.05, 3.63) is 35.4 Å². The van der Waals surface area contributed by atoms with Crippen molar-refractivity contribution in [2.24, 2.45) is 5.41 Å². The first-order chi connectivity index (χ1) is 9.87. The summed E-state index contributed by atoms with van der Waals surface area (Å²) in [6.07, 6.45) is -0.324. The average molecular weight is 301 g/mol. The molecule has 0 aliphatic carbocycles. The van der Waals surface area contributed by atoms with E-state index in [0.29, 0.717) is 0 Å². The van der Waals surface area contributed by atoms with Crippen LogP contribution in [0.3, 0.4) is 0 Å². The van der Waals surface area contributed by atoms with Crippen molar-refractivity contribution < 1.29 is 13.2 Å². The molecule has 0 heterocycles. The number of halogens is 3. The Hall–Kier alpha value is -1.03. The van der Waals surface area contributed by atoms with Crippen molar-refractivity contribution in [2.45, 2.75) is 52.6 Å². The van der Waals surface area contributed by atoms with Crippen LogP contribution in [0.2, 0.25) is 0 Å². The van der Waals surface area contributed by atoms with Crippen LogP contribution in [0.25, 0.3) is 0 Å². The fourth-order valence-corrected chi connectivity index (χ4v) is 2.59. The molecule has 1 aromatic rings. The van der Waals surface area contributed by atoms with E-state index in [1.165, 1.54) is 12.1 Å². The first kappa shape index (κ1) is 18.0. The molecule has 1 nitrogen and oxygen atoms in total. The molecule has 0 radical (unpaired) electrons. The Labute approximate surface area is 125 Å². The summed E-state index contributed by atoms with van der Waals surface area (Å²) >= 11 is 0. The molecular weight excluding hydrogens is 275 g/mol. The number of rotatable bonds is 8. The molecule has 0 spiro atoms. The molecule has 0 atom stereocenters. The van der Waals surface area contributed by atoms with Crippen molar-refractivity contribution in [1.82, 2.24) is 5.32 Å². The molecule has 1 aromatic carbocycles. The Balaban J connectivity index is 2.79. The molecule has 0 aliphatic heterocycles. The van der Waals surface area contributed by atoms with Gasteiger partial charge in [-0.1, -0.05) is 32.9 Å². The van der Waals surface area contributed by atoms with Crippen molar-refractivity contribution in [3.8, 4) is 0 Å². The first-order valence-electron chi connectivity index (χ1n) is 7.73. The lowest BCUT2D eigenvalue weighted by Crippen LogP contribution is -2.35. The fourth-order valence-electron chi connectivity index (χ4n) is 2.59. The summed E-state index contributed by atoms with van der Waals surface area (Å²) in [6.45, 7) is 8.33. The quantitative estimate of drug-likeness (QED) is 0.662. The van der Waals surface area contributed by atoms with Gasteiger partial charge in [-0.05, 0) is 55.3 Å². The van der Waals surface area contributed by atoms with Gasteiger partial charge in [0, 0.05) is 6.54 Å². The Morgan fingerprint density at radius 3 is 1.95 bits per heavy atom. The summed E-state index contributed by atoms with van der Waals surface area (Å²) in [7, 11) is 0. The van der Waals surface area contributed by atoms with E-state index in [4.69, 9.17) is 0 Å². The van der Waals surface area contributed by atoms with Gasteiger partial charge in [0.05, 0.1) is 5.56 Å². The van der Waals surface area contributed by atoms with Gasteiger partial charge >= 0.3 is 6.18 Å². The highest BCUT2D eigenvalue weighted by Crippen LogP contribution is 2.33. The maximum atomic E-state index is 12.6. The Bertz CT molecular complexity index is 405. The summed E-state index contributed by atoms with van der Waals surface area (Å²) < 4.78 is 37.8. The van der Waals surface area contributed by atoms with Crippen molar-refractivity contribution in [1.29, 1.82) is 0 Å². The summed E-state index contributed by atoms with van der Waals surface area (Å²) in [4.78, 5) is 0. The fraction of sp³-hybridized carbons (Fsp3) is 0.647. The maximum Gasteiger partial charge on any atom is 0.416 e. The average Bonchev–Trinajstić information content (AvgIpc) is 2.46. The van der Waals surface area contributed by atoms with Crippen LogP contribution in [-0.2, 0) is 12.6 Å². The van der Waals surface area contributed by atoms with Gasteiger partial charge in [0.2, 0.25) is 0 Å². The second kappa shape index (κ2) is 7.83. The van der Waals surface area contributed by atoms with Crippen LogP contribution in [0.5, 0.6) is 0 Å². The van der Waals surface area contributed by atoms with Crippen LogP contribution >= 0.6 is 0 Å². The normalized spacial score (nSPS) is 12.7. The van der Waals surface area contributed by atoms with Gasteiger partial charge in [-0.3, -0.25) is 0 Å². The van der Waals surface area contributed by atoms with E-state index >= 15 is 0 Å². The van der Waals surface area contributed by atoms with Crippen molar-refractivity contribution >= 4 is 0 Å². The molecule has 0 aromatic heterocycles.